The molecule has 0 spiro atoms. The Labute approximate surface area is 142 Å². The van der Waals surface area contributed by atoms with Gasteiger partial charge in [-0.05, 0) is 30.3 Å². The first-order valence-corrected chi connectivity index (χ1v) is 8.24. The fraction of sp³-hybridized carbons (Fsp3) is 0.118. The number of aliphatic hydroxyl groups is 1. The van der Waals surface area contributed by atoms with E-state index in [1.807, 2.05) is 23.6 Å². The van der Waals surface area contributed by atoms with Gasteiger partial charge >= 0.3 is 0 Å². The third-order valence-corrected chi connectivity index (χ3v) is 4.69. The van der Waals surface area contributed by atoms with Crippen LogP contribution in [0.15, 0.2) is 58.5 Å². The van der Waals surface area contributed by atoms with Gasteiger partial charge in [0.1, 0.15) is 11.9 Å². The first-order valence-electron chi connectivity index (χ1n) is 6.98. The third-order valence-electron chi connectivity index (χ3n) is 3.33. The Morgan fingerprint density at radius 2 is 2.13 bits per heavy atom. The van der Waals surface area contributed by atoms with Crippen LogP contribution in [0.3, 0.4) is 0 Å². The lowest BCUT2D eigenvalue weighted by Gasteiger charge is -2.11. The van der Waals surface area contributed by atoms with E-state index in [0.717, 1.165) is 16.2 Å². The van der Waals surface area contributed by atoms with E-state index in [1.54, 1.807) is 30.5 Å². The van der Waals surface area contributed by atoms with Crippen LogP contribution in [-0.4, -0.2) is 17.6 Å². The van der Waals surface area contributed by atoms with Crippen LogP contribution in [0.4, 0.5) is 0 Å². The molecule has 1 atom stereocenters. The molecule has 2 aromatic heterocycles. The number of furan rings is 1. The van der Waals surface area contributed by atoms with Crippen LogP contribution in [0.1, 0.15) is 21.3 Å². The van der Waals surface area contributed by atoms with Gasteiger partial charge < -0.3 is 14.8 Å². The van der Waals surface area contributed by atoms with Gasteiger partial charge in [-0.25, -0.2) is 0 Å². The van der Waals surface area contributed by atoms with Gasteiger partial charge in [0.2, 0.25) is 0 Å². The lowest BCUT2D eigenvalue weighted by molar-refractivity contribution is 0.0918. The molecule has 0 saturated carbocycles. The number of rotatable bonds is 5. The molecule has 4 nitrogen and oxygen atoms in total. The second-order valence-corrected chi connectivity index (χ2v) is 6.27. The second kappa shape index (κ2) is 7.00. The number of amides is 1. The minimum atomic E-state index is -0.782. The van der Waals surface area contributed by atoms with E-state index in [4.69, 9.17) is 16.0 Å². The summed E-state index contributed by atoms with van der Waals surface area (Å²) in [4.78, 5) is 12.8. The van der Waals surface area contributed by atoms with Crippen molar-refractivity contribution < 1.29 is 14.3 Å². The van der Waals surface area contributed by atoms with Crippen molar-refractivity contribution in [1.29, 1.82) is 0 Å². The zero-order valence-electron chi connectivity index (χ0n) is 12.0. The van der Waals surface area contributed by atoms with Crippen molar-refractivity contribution in [3.8, 4) is 11.3 Å². The molecule has 1 aromatic carbocycles. The van der Waals surface area contributed by atoms with E-state index in [0.29, 0.717) is 10.6 Å². The summed E-state index contributed by atoms with van der Waals surface area (Å²) in [5.74, 6) is 0.442. The molecular weight excluding hydrogens is 334 g/mol. The van der Waals surface area contributed by atoms with Gasteiger partial charge in [-0.2, -0.15) is 0 Å². The fourth-order valence-corrected chi connectivity index (χ4v) is 3.23. The molecule has 1 unspecified atom stereocenters. The standard InChI is InChI=1S/C17H14ClNO3S/c18-13-5-2-1-4-12(13)17(21)19-9-14(20)16-8-11(10-23-16)15-6-3-7-22-15/h1-8,10,14,20H,9H2,(H,19,21). The number of aliphatic hydroxyl groups excluding tert-OH is 1. The first-order chi connectivity index (χ1) is 11.1. The summed E-state index contributed by atoms with van der Waals surface area (Å²) in [6, 6.07) is 12.3. The van der Waals surface area contributed by atoms with Gasteiger partial charge in [0.05, 0.1) is 16.8 Å². The SMILES string of the molecule is O=C(NCC(O)c1cc(-c2ccco2)cs1)c1ccccc1Cl. The van der Waals surface area contributed by atoms with Gasteiger partial charge in [-0.3, -0.25) is 4.79 Å². The van der Waals surface area contributed by atoms with Gasteiger partial charge in [-0.1, -0.05) is 23.7 Å². The molecule has 3 aromatic rings. The maximum absolute atomic E-state index is 12.1. The molecule has 0 fully saturated rings. The molecule has 1 amide bonds. The van der Waals surface area contributed by atoms with Crippen LogP contribution in [-0.2, 0) is 0 Å². The maximum Gasteiger partial charge on any atom is 0.252 e. The topological polar surface area (TPSA) is 62.5 Å². The molecule has 118 valence electrons. The highest BCUT2D eigenvalue weighted by atomic mass is 35.5. The van der Waals surface area contributed by atoms with Crippen LogP contribution in [0, 0.1) is 0 Å². The van der Waals surface area contributed by atoms with E-state index in [2.05, 4.69) is 5.32 Å². The van der Waals surface area contributed by atoms with Crippen molar-refractivity contribution in [3.63, 3.8) is 0 Å². The summed E-state index contributed by atoms with van der Waals surface area (Å²) in [7, 11) is 0. The molecular formula is C17H14ClNO3S. The van der Waals surface area contributed by atoms with Gasteiger partial charge in [0.15, 0.2) is 0 Å². The van der Waals surface area contributed by atoms with Crippen molar-refractivity contribution in [2.24, 2.45) is 0 Å². The summed E-state index contributed by atoms with van der Waals surface area (Å²) < 4.78 is 5.32. The Hall–Kier alpha value is -2.08. The smallest absolute Gasteiger partial charge is 0.252 e. The number of carbonyl (C=O) groups excluding carboxylic acids is 1. The number of carbonyl (C=O) groups is 1. The van der Waals surface area contributed by atoms with Crippen molar-refractivity contribution in [1.82, 2.24) is 5.32 Å². The molecule has 2 N–H and O–H groups in total. The van der Waals surface area contributed by atoms with Crippen LogP contribution in [0.5, 0.6) is 0 Å². The zero-order chi connectivity index (χ0) is 16.2. The minimum Gasteiger partial charge on any atom is -0.464 e. The largest absolute Gasteiger partial charge is 0.464 e. The number of hydrogen-bond donors (Lipinski definition) is 2. The van der Waals surface area contributed by atoms with Gasteiger partial charge in [0.25, 0.3) is 5.91 Å². The van der Waals surface area contributed by atoms with Crippen molar-refractivity contribution >= 4 is 28.8 Å². The number of nitrogens with one attached hydrogen (secondary N) is 1. The van der Waals surface area contributed by atoms with E-state index in [9.17, 15) is 9.90 Å². The predicted octanol–water partition coefficient (Wildman–Crippen LogP) is 4.12. The molecule has 0 aliphatic carbocycles. The average Bonchev–Trinajstić information content (AvgIpc) is 3.23. The molecule has 0 aliphatic rings. The van der Waals surface area contributed by atoms with E-state index in [1.165, 1.54) is 11.3 Å². The lowest BCUT2D eigenvalue weighted by Crippen LogP contribution is -2.28. The number of benzene rings is 1. The second-order valence-electron chi connectivity index (χ2n) is 4.92. The van der Waals surface area contributed by atoms with Crippen molar-refractivity contribution in [2.75, 3.05) is 6.54 Å². The summed E-state index contributed by atoms with van der Waals surface area (Å²) in [5.41, 5.74) is 1.30. The molecule has 6 heteroatoms. The lowest BCUT2D eigenvalue weighted by atomic mass is 10.2. The maximum atomic E-state index is 12.1. The Bertz CT molecular complexity index is 798. The van der Waals surface area contributed by atoms with E-state index in [-0.39, 0.29) is 12.5 Å². The monoisotopic (exact) mass is 347 g/mol. The van der Waals surface area contributed by atoms with Crippen LogP contribution in [0.2, 0.25) is 5.02 Å². The van der Waals surface area contributed by atoms with Crippen LogP contribution < -0.4 is 5.32 Å². The Kier molecular flexibility index (Phi) is 4.81. The molecule has 23 heavy (non-hydrogen) atoms. The first kappa shape index (κ1) is 15.8. The van der Waals surface area contributed by atoms with Gasteiger partial charge in [0, 0.05) is 22.4 Å². The Morgan fingerprint density at radius 1 is 1.30 bits per heavy atom. The van der Waals surface area contributed by atoms with Gasteiger partial charge in [-0.15, -0.1) is 11.3 Å². The molecule has 0 radical (unpaired) electrons. The Morgan fingerprint density at radius 3 is 2.87 bits per heavy atom. The number of thiophene rings is 1. The number of halogens is 1. The summed E-state index contributed by atoms with van der Waals surface area (Å²) in [6.45, 7) is 0.113. The average molecular weight is 348 g/mol. The molecule has 0 aliphatic heterocycles. The normalized spacial score (nSPS) is 12.1. The fourth-order valence-electron chi connectivity index (χ4n) is 2.13. The third kappa shape index (κ3) is 3.64. The summed E-state index contributed by atoms with van der Waals surface area (Å²) >= 11 is 7.40. The van der Waals surface area contributed by atoms with E-state index >= 15 is 0 Å². The highest BCUT2D eigenvalue weighted by Gasteiger charge is 2.15. The molecule has 3 rings (SSSR count). The van der Waals surface area contributed by atoms with Crippen molar-refractivity contribution in [3.05, 3.63) is 69.6 Å². The van der Waals surface area contributed by atoms with Crippen LogP contribution in [0.25, 0.3) is 11.3 Å². The van der Waals surface area contributed by atoms with E-state index < -0.39 is 6.10 Å². The molecule has 0 bridgehead atoms. The van der Waals surface area contributed by atoms with Crippen LogP contribution >= 0.6 is 22.9 Å². The van der Waals surface area contributed by atoms with Crippen molar-refractivity contribution in [2.45, 2.75) is 6.10 Å². The summed E-state index contributed by atoms with van der Waals surface area (Å²) in [6.07, 6.45) is 0.822. The minimum absolute atomic E-state index is 0.113. The quantitative estimate of drug-likeness (QED) is 0.729. The highest BCUT2D eigenvalue weighted by Crippen LogP contribution is 2.29. The highest BCUT2D eigenvalue weighted by molar-refractivity contribution is 7.10. The molecule has 2 heterocycles. The molecule has 0 saturated heterocycles. The Balaban J connectivity index is 1.62. The predicted molar refractivity (Wildman–Crippen MR) is 90.8 cm³/mol. The number of hydrogen-bond acceptors (Lipinski definition) is 4. The summed E-state index contributed by atoms with van der Waals surface area (Å²) in [5, 5.41) is 15.2. The zero-order valence-corrected chi connectivity index (χ0v) is 13.6.